The van der Waals surface area contributed by atoms with E-state index < -0.39 is 0 Å². The summed E-state index contributed by atoms with van der Waals surface area (Å²) in [6.45, 7) is -0.138. The first-order valence-corrected chi connectivity index (χ1v) is 5.98. The molecule has 2 aromatic rings. The maximum atomic E-state index is 9.16. The lowest BCUT2D eigenvalue weighted by molar-refractivity contribution is 0.114. The summed E-state index contributed by atoms with van der Waals surface area (Å²) in [5, 5.41) is 18.3. The number of hydrogen-bond acceptors (Lipinski definition) is 4. The SMILES string of the molecule is OCc1ccccc1OCOc1ccccc1CO. The van der Waals surface area contributed by atoms with Crippen molar-refractivity contribution in [1.82, 2.24) is 0 Å². The van der Waals surface area contributed by atoms with E-state index in [0.717, 1.165) is 0 Å². The summed E-state index contributed by atoms with van der Waals surface area (Å²) in [6, 6.07) is 14.4. The number of aliphatic hydroxyl groups excluding tert-OH is 2. The van der Waals surface area contributed by atoms with Crippen LogP contribution in [0.15, 0.2) is 48.5 Å². The van der Waals surface area contributed by atoms with Crippen LogP contribution in [0.25, 0.3) is 0 Å². The second kappa shape index (κ2) is 6.78. The van der Waals surface area contributed by atoms with Crippen LogP contribution in [0, 0.1) is 0 Å². The number of rotatable bonds is 6. The van der Waals surface area contributed by atoms with E-state index in [0.29, 0.717) is 22.6 Å². The van der Waals surface area contributed by atoms with Crippen LogP contribution in [0.4, 0.5) is 0 Å². The molecule has 0 saturated heterocycles. The van der Waals surface area contributed by atoms with Crippen molar-refractivity contribution in [1.29, 1.82) is 0 Å². The zero-order chi connectivity index (χ0) is 13.5. The Balaban J connectivity index is 1.96. The third-order valence-electron chi connectivity index (χ3n) is 2.71. The van der Waals surface area contributed by atoms with Crippen LogP contribution < -0.4 is 9.47 Å². The van der Waals surface area contributed by atoms with Gasteiger partial charge in [-0.05, 0) is 12.1 Å². The lowest BCUT2D eigenvalue weighted by Gasteiger charge is -2.12. The molecule has 0 saturated carbocycles. The number of para-hydroxylation sites is 2. The molecule has 4 nitrogen and oxygen atoms in total. The highest BCUT2D eigenvalue weighted by Gasteiger charge is 2.04. The molecule has 0 aromatic heterocycles. The van der Waals surface area contributed by atoms with Gasteiger partial charge >= 0.3 is 0 Å². The van der Waals surface area contributed by atoms with Crippen LogP contribution >= 0.6 is 0 Å². The molecule has 0 amide bonds. The van der Waals surface area contributed by atoms with Gasteiger partial charge in [0.1, 0.15) is 11.5 Å². The van der Waals surface area contributed by atoms with E-state index in [-0.39, 0.29) is 20.0 Å². The largest absolute Gasteiger partial charge is 0.457 e. The Morgan fingerprint density at radius 2 is 1.11 bits per heavy atom. The minimum Gasteiger partial charge on any atom is -0.457 e. The van der Waals surface area contributed by atoms with E-state index in [4.69, 9.17) is 19.7 Å². The zero-order valence-electron chi connectivity index (χ0n) is 10.5. The molecule has 0 atom stereocenters. The summed E-state index contributed by atoms with van der Waals surface area (Å²) < 4.78 is 10.9. The first-order valence-electron chi connectivity index (χ1n) is 5.98. The Kier molecular flexibility index (Phi) is 4.78. The highest BCUT2D eigenvalue weighted by atomic mass is 16.7. The molecule has 4 heteroatoms. The van der Waals surface area contributed by atoms with Crippen molar-refractivity contribution in [2.24, 2.45) is 0 Å². The summed E-state index contributed by atoms with van der Waals surface area (Å²) in [5.74, 6) is 1.18. The third kappa shape index (κ3) is 3.47. The van der Waals surface area contributed by atoms with Crippen LogP contribution in [-0.2, 0) is 13.2 Å². The van der Waals surface area contributed by atoms with Gasteiger partial charge in [-0.1, -0.05) is 36.4 Å². The van der Waals surface area contributed by atoms with Gasteiger partial charge in [0.2, 0.25) is 6.79 Å². The summed E-state index contributed by atoms with van der Waals surface area (Å²) in [6.07, 6.45) is 0. The van der Waals surface area contributed by atoms with Gasteiger partial charge in [-0.2, -0.15) is 0 Å². The summed E-state index contributed by atoms with van der Waals surface area (Å²) >= 11 is 0. The van der Waals surface area contributed by atoms with Crippen LogP contribution in [0.3, 0.4) is 0 Å². The van der Waals surface area contributed by atoms with Gasteiger partial charge in [0.05, 0.1) is 13.2 Å². The average molecular weight is 260 g/mol. The number of benzene rings is 2. The Labute approximate surface area is 111 Å². The van der Waals surface area contributed by atoms with E-state index >= 15 is 0 Å². The molecule has 0 unspecified atom stereocenters. The molecular formula is C15H16O4. The molecule has 2 N–H and O–H groups in total. The van der Waals surface area contributed by atoms with Crippen molar-refractivity contribution < 1.29 is 19.7 Å². The van der Waals surface area contributed by atoms with Gasteiger partial charge in [-0.15, -0.1) is 0 Å². The summed E-state index contributed by atoms with van der Waals surface area (Å²) in [7, 11) is 0. The topological polar surface area (TPSA) is 58.9 Å². The van der Waals surface area contributed by atoms with E-state index in [9.17, 15) is 0 Å². The summed E-state index contributed by atoms with van der Waals surface area (Å²) in [4.78, 5) is 0. The molecule has 0 bridgehead atoms. The fourth-order valence-electron chi connectivity index (χ4n) is 1.71. The minimum atomic E-state index is -0.0800. The Morgan fingerprint density at radius 1 is 0.684 bits per heavy atom. The molecule has 0 radical (unpaired) electrons. The van der Waals surface area contributed by atoms with Crippen LogP contribution in [0.2, 0.25) is 0 Å². The molecule has 100 valence electrons. The van der Waals surface area contributed by atoms with Crippen molar-refractivity contribution in [2.45, 2.75) is 13.2 Å². The molecule has 0 aliphatic rings. The second-order valence-corrected chi connectivity index (χ2v) is 3.94. The first-order chi connectivity index (χ1) is 9.35. The molecule has 0 heterocycles. The predicted octanol–water partition coefficient (Wildman–Crippen LogP) is 2.09. The quantitative estimate of drug-likeness (QED) is 0.781. The van der Waals surface area contributed by atoms with E-state index in [2.05, 4.69) is 0 Å². The van der Waals surface area contributed by atoms with Gasteiger partial charge in [-0.25, -0.2) is 0 Å². The monoisotopic (exact) mass is 260 g/mol. The molecule has 2 rings (SSSR count). The van der Waals surface area contributed by atoms with Crippen LogP contribution in [-0.4, -0.2) is 17.0 Å². The Morgan fingerprint density at radius 3 is 1.53 bits per heavy atom. The highest BCUT2D eigenvalue weighted by Crippen LogP contribution is 2.20. The first kappa shape index (κ1) is 13.4. The van der Waals surface area contributed by atoms with Crippen molar-refractivity contribution >= 4 is 0 Å². The Bertz CT molecular complexity index is 478. The van der Waals surface area contributed by atoms with E-state index in [1.807, 2.05) is 24.3 Å². The standard InChI is InChI=1S/C15H16O4/c16-9-12-5-1-3-7-14(12)18-11-19-15-8-4-2-6-13(15)10-17/h1-8,16-17H,9-11H2. The molecular weight excluding hydrogens is 244 g/mol. The van der Waals surface area contributed by atoms with Crippen molar-refractivity contribution in [3.05, 3.63) is 59.7 Å². The smallest absolute Gasteiger partial charge is 0.230 e. The number of aliphatic hydroxyl groups is 2. The minimum absolute atomic E-state index is 0.0219. The lowest BCUT2D eigenvalue weighted by Crippen LogP contribution is -2.08. The van der Waals surface area contributed by atoms with Crippen molar-refractivity contribution in [3.63, 3.8) is 0 Å². The van der Waals surface area contributed by atoms with E-state index in [1.165, 1.54) is 0 Å². The second-order valence-electron chi connectivity index (χ2n) is 3.94. The van der Waals surface area contributed by atoms with E-state index in [1.54, 1.807) is 24.3 Å². The molecule has 0 spiro atoms. The van der Waals surface area contributed by atoms with Gasteiger partial charge < -0.3 is 19.7 Å². The maximum Gasteiger partial charge on any atom is 0.230 e. The molecule has 19 heavy (non-hydrogen) atoms. The van der Waals surface area contributed by atoms with Crippen LogP contribution in [0.1, 0.15) is 11.1 Å². The maximum absolute atomic E-state index is 9.16. The molecule has 0 fully saturated rings. The van der Waals surface area contributed by atoms with Gasteiger partial charge in [-0.3, -0.25) is 0 Å². The highest BCUT2D eigenvalue weighted by molar-refractivity contribution is 5.34. The zero-order valence-corrected chi connectivity index (χ0v) is 10.5. The summed E-state index contributed by atoms with van der Waals surface area (Å²) in [5.41, 5.74) is 1.42. The number of ether oxygens (including phenoxy) is 2. The van der Waals surface area contributed by atoms with Gasteiger partial charge in [0.25, 0.3) is 0 Å². The fraction of sp³-hybridized carbons (Fsp3) is 0.200. The molecule has 0 aliphatic heterocycles. The third-order valence-corrected chi connectivity index (χ3v) is 2.71. The normalized spacial score (nSPS) is 10.2. The van der Waals surface area contributed by atoms with Crippen molar-refractivity contribution in [3.8, 4) is 11.5 Å². The Hall–Kier alpha value is -2.04. The molecule has 2 aromatic carbocycles. The molecule has 0 aliphatic carbocycles. The van der Waals surface area contributed by atoms with Crippen molar-refractivity contribution in [2.75, 3.05) is 6.79 Å². The average Bonchev–Trinajstić information content (AvgIpc) is 2.48. The predicted molar refractivity (Wildman–Crippen MR) is 70.9 cm³/mol. The lowest BCUT2D eigenvalue weighted by atomic mass is 10.2. The van der Waals surface area contributed by atoms with Gasteiger partial charge in [0, 0.05) is 11.1 Å². The van der Waals surface area contributed by atoms with Crippen LogP contribution in [0.5, 0.6) is 11.5 Å². The fourth-order valence-corrected chi connectivity index (χ4v) is 1.71. The number of hydrogen-bond donors (Lipinski definition) is 2. The van der Waals surface area contributed by atoms with Gasteiger partial charge in [0.15, 0.2) is 0 Å².